The number of nitrogens with one attached hydrogen (secondary N) is 2. The van der Waals surface area contributed by atoms with E-state index in [4.69, 9.17) is 0 Å². The first-order chi connectivity index (χ1) is 8.74. The SMILES string of the molecule is O=C1Nc2cc(F)ccc2C1C=Nc1ccn[nH]1. The zero-order valence-corrected chi connectivity index (χ0v) is 9.22. The molecule has 90 valence electrons. The zero-order chi connectivity index (χ0) is 12.5. The molecule has 6 heteroatoms. The molecule has 1 aliphatic rings. The molecule has 18 heavy (non-hydrogen) atoms. The molecule has 2 N–H and O–H groups in total. The fourth-order valence-electron chi connectivity index (χ4n) is 1.88. The van der Waals surface area contributed by atoms with Crippen LogP contribution in [0, 0.1) is 5.82 Å². The van der Waals surface area contributed by atoms with Crippen LogP contribution < -0.4 is 5.32 Å². The Hall–Kier alpha value is -2.50. The highest BCUT2D eigenvalue weighted by Crippen LogP contribution is 2.32. The standard InChI is InChI=1S/C12H9FN4O/c13-7-1-2-8-9(12(18)16-10(8)5-7)6-14-11-3-4-15-17-11/h1-6,9H,(H,15,17)(H,16,18). The number of aliphatic imine (C=N–C) groups is 1. The number of anilines is 1. The van der Waals surface area contributed by atoms with Gasteiger partial charge in [-0.25, -0.2) is 9.38 Å². The number of fused-ring (bicyclic) bond motifs is 1. The van der Waals surface area contributed by atoms with Crippen molar-refractivity contribution in [1.82, 2.24) is 10.2 Å². The molecule has 3 rings (SSSR count). The first kappa shape index (κ1) is 10.6. The predicted octanol–water partition coefficient (Wildman–Crippen LogP) is 1.99. The van der Waals surface area contributed by atoms with Gasteiger partial charge in [-0.15, -0.1) is 0 Å². The number of hydrogen-bond donors (Lipinski definition) is 2. The molecule has 1 aromatic carbocycles. The van der Waals surface area contributed by atoms with Crippen molar-refractivity contribution in [2.45, 2.75) is 5.92 Å². The minimum atomic E-state index is -0.496. The number of H-pyrrole nitrogens is 1. The Balaban J connectivity index is 1.92. The number of aromatic amines is 1. The third-order valence-electron chi connectivity index (χ3n) is 2.74. The van der Waals surface area contributed by atoms with Crippen LogP contribution in [0.1, 0.15) is 11.5 Å². The normalized spacial score (nSPS) is 18.1. The summed E-state index contributed by atoms with van der Waals surface area (Å²) in [4.78, 5) is 15.9. The van der Waals surface area contributed by atoms with Gasteiger partial charge in [0.2, 0.25) is 5.91 Å². The van der Waals surface area contributed by atoms with E-state index in [1.54, 1.807) is 18.3 Å². The van der Waals surface area contributed by atoms with Crippen molar-refractivity contribution in [3.63, 3.8) is 0 Å². The van der Waals surface area contributed by atoms with Gasteiger partial charge in [-0.05, 0) is 17.7 Å². The highest BCUT2D eigenvalue weighted by molar-refractivity contribution is 6.12. The average Bonchev–Trinajstić information content (AvgIpc) is 2.93. The number of benzene rings is 1. The van der Waals surface area contributed by atoms with Crippen LogP contribution in [0.2, 0.25) is 0 Å². The van der Waals surface area contributed by atoms with E-state index in [9.17, 15) is 9.18 Å². The Labute approximate surface area is 102 Å². The molecular weight excluding hydrogens is 235 g/mol. The summed E-state index contributed by atoms with van der Waals surface area (Å²) in [6.45, 7) is 0. The van der Waals surface area contributed by atoms with E-state index in [-0.39, 0.29) is 11.7 Å². The van der Waals surface area contributed by atoms with Crippen molar-refractivity contribution in [3.05, 3.63) is 41.8 Å². The Morgan fingerprint density at radius 1 is 1.39 bits per heavy atom. The van der Waals surface area contributed by atoms with E-state index in [2.05, 4.69) is 20.5 Å². The van der Waals surface area contributed by atoms with Crippen LogP contribution in [0.25, 0.3) is 0 Å². The van der Waals surface area contributed by atoms with E-state index in [0.29, 0.717) is 11.5 Å². The smallest absolute Gasteiger partial charge is 0.237 e. The maximum absolute atomic E-state index is 13.0. The number of carbonyl (C=O) groups excluding carboxylic acids is 1. The quantitative estimate of drug-likeness (QED) is 0.793. The van der Waals surface area contributed by atoms with E-state index in [0.717, 1.165) is 5.56 Å². The third kappa shape index (κ3) is 1.77. The molecular formula is C12H9FN4O. The molecule has 0 fully saturated rings. The summed E-state index contributed by atoms with van der Waals surface area (Å²) in [6, 6.07) is 5.91. The van der Waals surface area contributed by atoms with Gasteiger partial charge in [0.05, 0.1) is 6.20 Å². The van der Waals surface area contributed by atoms with Crippen LogP contribution in [-0.4, -0.2) is 22.3 Å². The molecule has 1 atom stereocenters. The number of carbonyl (C=O) groups is 1. The lowest BCUT2D eigenvalue weighted by atomic mass is 10.0. The molecule has 0 spiro atoms. The number of aromatic nitrogens is 2. The van der Waals surface area contributed by atoms with Crippen LogP contribution in [0.5, 0.6) is 0 Å². The number of amides is 1. The molecule has 2 heterocycles. The number of rotatable bonds is 2. The van der Waals surface area contributed by atoms with Crippen LogP contribution in [-0.2, 0) is 4.79 Å². The predicted molar refractivity (Wildman–Crippen MR) is 64.5 cm³/mol. The lowest BCUT2D eigenvalue weighted by Crippen LogP contribution is -2.12. The van der Waals surface area contributed by atoms with Gasteiger partial charge >= 0.3 is 0 Å². The average molecular weight is 244 g/mol. The molecule has 0 aliphatic carbocycles. The van der Waals surface area contributed by atoms with E-state index < -0.39 is 5.92 Å². The Bertz CT molecular complexity index is 621. The van der Waals surface area contributed by atoms with Crippen molar-refractivity contribution < 1.29 is 9.18 Å². The second kappa shape index (κ2) is 4.06. The molecule has 2 aromatic rings. The monoisotopic (exact) mass is 244 g/mol. The maximum atomic E-state index is 13.0. The van der Waals surface area contributed by atoms with Crippen molar-refractivity contribution >= 4 is 23.6 Å². The summed E-state index contributed by atoms with van der Waals surface area (Å²) in [5.74, 6) is -0.513. The van der Waals surface area contributed by atoms with E-state index in [1.807, 2.05) is 0 Å². The fraction of sp³-hybridized carbons (Fsp3) is 0.0833. The van der Waals surface area contributed by atoms with Gasteiger partial charge in [0, 0.05) is 18.0 Å². The van der Waals surface area contributed by atoms with Gasteiger partial charge < -0.3 is 5.32 Å². The topological polar surface area (TPSA) is 70.1 Å². The van der Waals surface area contributed by atoms with Crippen LogP contribution in [0.15, 0.2) is 35.5 Å². The highest BCUT2D eigenvalue weighted by Gasteiger charge is 2.29. The van der Waals surface area contributed by atoms with E-state index >= 15 is 0 Å². The molecule has 5 nitrogen and oxygen atoms in total. The van der Waals surface area contributed by atoms with Crippen molar-refractivity contribution in [3.8, 4) is 0 Å². The summed E-state index contributed by atoms with van der Waals surface area (Å²) in [7, 11) is 0. The summed E-state index contributed by atoms with van der Waals surface area (Å²) >= 11 is 0. The largest absolute Gasteiger partial charge is 0.325 e. The Kier molecular flexibility index (Phi) is 2.40. The minimum Gasteiger partial charge on any atom is -0.325 e. The van der Waals surface area contributed by atoms with Crippen LogP contribution >= 0.6 is 0 Å². The summed E-state index contributed by atoms with van der Waals surface area (Å²) in [5.41, 5.74) is 1.23. The molecule has 0 bridgehead atoms. The summed E-state index contributed by atoms with van der Waals surface area (Å²) in [6.07, 6.45) is 3.09. The molecule has 0 saturated heterocycles. The Morgan fingerprint density at radius 3 is 3.06 bits per heavy atom. The third-order valence-corrected chi connectivity index (χ3v) is 2.74. The minimum absolute atomic E-state index is 0.209. The fourth-order valence-corrected chi connectivity index (χ4v) is 1.88. The van der Waals surface area contributed by atoms with Gasteiger partial charge in [-0.2, -0.15) is 5.10 Å². The molecule has 0 saturated carbocycles. The highest BCUT2D eigenvalue weighted by atomic mass is 19.1. The van der Waals surface area contributed by atoms with Gasteiger partial charge in [0.15, 0.2) is 0 Å². The van der Waals surface area contributed by atoms with Gasteiger partial charge in [0.1, 0.15) is 17.6 Å². The zero-order valence-electron chi connectivity index (χ0n) is 9.22. The Morgan fingerprint density at radius 2 is 2.28 bits per heavy atom. The van der Waals surface area contributed by atoms with Gasteiger partial charge in [-0.1, -0.05) is 6.07 Å². The van der Waals surface area contributed by atoms with Crippen molar-refractivity contribution in [1.29, 1.82) is 0 Å². The number of halogens is 1. The molecule has 1 aliphatic heterocycles. The second-order valence-corrected chi connectivity index (χ2v) is 3.92. The van der Waals surface area contributed by atoms with Crippen LogP contribution in [0.4, 0.5) is 15.9 Å². The number of hydrogen-bond acceptors (Lipinski definition) is 3. The lowest BCUT2D eigenvalue weighted by Gasteiger charge is -2.00. The first-order valence-electron chi connectivity index (χ1n) is 5.38. The molecule has 1 amide bonds. The second-order valence-electron chi connectivity index (χ2n) is 3.92. The molecule has 0 radical (unpaired) electrons. The van der Waals surface area contributed by atoms with Crippen molar-refractivity contribution in [2.75, 3.05) is 5.32 Å². The lowest BCUT2D eigenvalue weighted by molar-refractivity contribution is -0.115. The summed E-state index contributed by atoms with van der Waals surface area (Å²) < 4.78 is 13.0. The molecule has 1 aromatic heterocycles. The summed E-state index contributed by atoms with van der Waals surface area (Å²) in [5, 5.41) is 9.05. The first-order valence-corrected chi connectivity index (χ1v) is 5.38. The van der Waals surface area contributed by atoms with Crippen molar-refractivity contribution in [2.24, 2.45) is 4.99 Å². The molecule has 1 unspecified atom stereocenters. The van der Waals surface area contributed by atoms with E-state index in [1.165, 1.54) is 18.3 Å². The number of nitrogens with zero attached hydrogens (tertiary/aromatic N) is 2. The van der Waals surface area contributed by atoms with Gasteiger partial charge in [0.25, 0.3) is 0 Å². The maximum Gasteiger partial charge on any atom is 0.237 e. The van der Waals surface area contributed by atoms with Crippen LogP contribution in [0.3, 0.4) is 0 Å². The van der Waals surface area contributed by atoms with Gasteiger partial charge in [-0.3, -0.25) is 9.89 Å².